The van der Waals surface area contributed by atoms with E-state index in [4.69, 9.17) is 27.9 Å². The van der Waals surface area contributed by atoms with Crippen molar-refractivity contribution in [3.8, 4) is 11.3 Å². The first-order chi connectivity index (χ1) is 19.9. The summed E-state index contributed by atoms with van der Waals surface area (Å²) >= 11 is 6.58. The third kappa shape index (κ3) is 6.42. The van der Waals surface area contributed by atoms with E-state index in [-0.39, 0.29) is 35.0 Å². The molecular weight excluding hydrogens is 586 g/mol. The zero-order valence-corrected chi connectivity index (χ0v) is 24.9. The van der Waals surface area contributed by atoms with Crippen molar-refractivity contribution < 1.29 is 23.1 Å². The number of urea groups is 1. The molecule has 0 radical (unpaired) electrons. The fraction of sp³-hybridized carbons (Fsp3) is 0.538. The van der Waals surface area contributed by atoms with E-state index in [9.17, 15) is 18.0 Å². The van der Waals surface area contributed by atoms with E-state index in [0.717, 1.165) is 18.4 Å². The highest BCUT2D eigenvalue weighted by Crippen LogP contribution is 2.43. The topological polar surface area (TPSA) is 192 Å². The number of piperidine rings is 1. The monoisotopic (exact) mass is 621 g/mol. The third-order valence-electron chi connectivity index (χ3n) is 8.52. The predicted octanol–water partition coefficient (Wildman–Crippen LogP) is 2.49. The molecule has 5 rings (SSSR count). The summed E-state index contributed by atoms with van der Waals surface area (Å²) < 4.78 is 25.6. The molecule has 4 heterocycles. The number of hydrogen-bond donors (Lipinski definition) is 5. The minimum atomic E-state index is -3.24. The number of carbonyl (C=O) groups excluding carboxylic acids is 1. The van der Waals surface area contributed by atoms with Gasteiger partial charge >= 0.3 is 12.1 Å². The first kappa shape index (κ1) is 29.9. The largest absolute Gasteiger partial charge is 0.465 e. The Kier molecular flexibility index (Phi) is 8.53. The fourth-order valence-corrected chi connectivity index (χ4v) is 7.36. The number of hydrogen-bond acceptors (Lipinski definition) is 6. The van der Waals surface area contributed by atoms with Gasteiger partial charge in [-0.1, -0.05) is 23.7 Å². The van der Waals surface area contributed by atoms with Crippen LogP contribution in [0, 0.1) is 17.2 Å². The van der Waals surface area contributed by atoms with Gasteiger partial charge in [0.2, 0.25) is 10.0 Å². The minimum absolute atomic E-state index is 0.00817. The van der Waals surface area contributed by atoms with Crippen LogP contribution >= 0.6 is 11.6 Å². The lowest BCUT2D eigenvalue weighted by molar-refractivity contribution is 0.124. The van der Waals surface area contributed by atoms with Crippen molar-refractivity contribution in [3.05, 3.63) is 35.2 Å². The Bertz CT molecular complexity index is 1430. The maximum Gasteiger partial charge on any atom is 0.409 e. The standard InChI is InChI=1S/C26H36ClN9O5S/c1-42(40,41)35-8-6-16(7-9-35)18-14-20(36(15-18)26(39)34-12-10-33(11-13-34)24(28)29)23-31-21(22(27)32-23)17-2-4-19(5-3-17)30-25(37)38/h2-5,16,18,20,30H,6-15H2,1H3,(H3,28,29)(H,31,32)(H,37,38)/t18-,20-/m0/s1. The number of halogens is 1. The van der Waals surface area contributed by atoms with E-state index in [2.05, 4.69) is 15.3 Å². The SMILES string of the molecule is CS(=O)(=O)N1CCC([C@H]2C[C@@H](c3nc(Cl)c(-c4ccc(NC(=O)O)cc4)[nH]3)N(C(=O)N3CCN(C(=N)N)CC3)C2)CC1. The van der Waals surface area contributed by atoms with Crippen LogP contribution in [0.25, 0.3) is 11.3 Å². The molecule has 0 unspecified atom stereocenters. The second kappa shape index (κ2) is 12.0. The van der Waals surface area contributed by atoms with Crippen LogP contribution in [0.4, 0.5) is 15.3 Å². The number of carboxylic acid groups (broad SMARTS) is 1. The molecule has 0 saturated carbocycles. The van der Waals surface area contributed by atoms with E-state index < -0.39 is 16.1 Å². The van der Waals surface area contributed by atoms with Crippen LogP contribution in [0.5, 0.6) is 0 Å². The number of nitrogens with zero attached hydrogens (tertiary/aromatic N) is 5. The Morgan fingerprint density at radius 2 is 1.69 bits per heavy atom. The summed E-state index contributed by atoms with van der Waals surface area (Å²) in [5.41, 5.74) is 7.35. The third-order valence-corrected chi connectivity index (χ3v) is 10.1. The molecule has 0 bridgehead atoms. The van der Waals surface area contributed by atoms with Gasteiger partial charge in [0, 0.05) is 57.1 Å². The molecule has 2 aromatic rings. The van der Waals surface area contributed by atoms with Gasteiger partial charge in [-0.25, -0.2) is 27.3 Å². The molecule has 16 heteroatoms. The van der Waals surface area contributed by atoms with Gasteiger partial charge in [0.05, 0.1) is 18.0 Å². The molecule has 6 N–H and O–H groups in total. The lowest BCUT2D eigenvalue weighted by Gasteiger charge is -2.38. The van der Waals surface area contributed by atoms with Crippen LogP contribution in [0.1, 0.15) is 31.1 Å². The second-order valence-corrected chi connectivity index (χ2v) is 13.4. The van der Waals surface area contributed by atoms with Crippen LogP contribution < -0.4 is 11.1 Å². The summed E-state index contributed by atoms with van der Waals surface area (Å²) in [6.45, 7) is 3.31. The van der Waals surface area contributed by atoms with Crippen LogP contribution in [-0.4, -0.2) is 113 Å². The number of aromatic nitrogens is 2. The Morgan fingerprint density at radius 3 is 2.26 bits per heavy atom. The second-order valence-electron chi connectivity index (χ2n) is 11.1. The molecule has 42 heavy (non-hydrogen) atoms. The molecule has 0 spiro atoms. The summed E-state index contributed by atoms with van der Waals surface area (Å²) in [5, 5.41) is 19.2. The maximum absolute atomic E-state index is 13.9. The average Bonchev–Trinajstić information content (AvgIpc) is 3.56. The van der Waals surface area contributed by atoms with Crippen molar-refractivity contribution in [3.63, 3.8) is 0 Å². The maximum atomic E-state index is 13.9. The summed E-state index contributed by atoms with van der Waals surface area (Å²) in [6.07, 6.45) is 2.19. The number of anilines is 1. The van der Waals surface area contributed by atoms with Crippen molar-refractivity contribution in [2.24, 2.45) is 17.6 Å². The highest BCUT2D eigenvalue weighted by molar-refractivity contribution is 7.88. The van der Waals surface area contributed by atoms with Gasteiger partial charge in [-0.05, 0) is 43.2 Å². The van der Waals surface area contributed by atoms with E-state index in [1.54, 1.807) is 34.1 Å². The number of carbonyl (C=O) groups is 2. The van der Waals surface area contributed by atoms with E-state index in [1.807, 2.05) is 4.90 Å². The van der Waals surface area contributed by atoms with Crippen molar-refractivity contribution >= 4 is 45.4 Å². The Morgan fingerprint density at radius 1 is 1.07 bits per heavy atom. The smallest absolute Gasteiger partial charge is 0.409 e. The Balaban J connectivity index is 1.37. The molecule has 0 aliphatic carbocycles. The first-order valence-electron chi connectivity index (χ1n) is 13.9. The average molecular weight is 622 g/mol. The van der Waals surface area contributed by atoms with Gasteiger partial charge in [-0.15, -0.1) is 0 Å². The summed E-state index contributed by atoms with van der Waals surface area (Å²) in [7, 11) is -3.24. The lowest BCUT2D eigenvalue weighted by atomic mass is 9.83. The summed E-state index contributed by atoms with van der Waals surface area (Å²) in [6, 6.07) is 6.26. The van der Waals surface area contributed by atoms with Crippen LogP contribution in [0.15, 0.2) is 24.3 Å². The van der Waals surface area contributed by atoms with Gasteiger partial charge in [0.15, 0.2) is 11.1 Å². The van der Waals surface area contributed by atoms with Crippen LogP contribution in [0.3, 0.4) is 0 Å². The summed E-state index contributed by atoms with van der Waals surface area (Å²) in [4.78, 5) is 38.1. The highest BCUT2D eigenvalue weighted by atomic mass is 35.5. The van der Waals surface area contributed by atoms with Gasteiger partial charge in [0.1, 0.15) is 5.82 Å². The van der Waals surface area contributed by atoms with E-state index >= 15 is 0 Å². The van der Waals surface area contributed by atoms with Gasteiger partial charge in [0.25, 0.3) is 0 Å². The molecule has 3 aliphatic rings. The van der Waals surface area contributed by atoms with Gasteiger partial charge in [-0.2, -0.15) is 0 Å². The molecule has 3 fully saturated rings. The molecule has 2 atom stereocenters. The number of sulfonamides is 1. The Labute approximate surface area is 249 Å². The Hall–Kier alpha value is -3.56. The van der Waals surface area contributed by atoms with Crippen LogP contribution in [-0.2, 0) is 10.0 Å². The molecule has 3 amide bonds. The van der Waals surface area contributed by atoms with E-state index in [0.29, 0.717) is 69.4 Å². The molecular formula is C26H36ClN9O5S. The molecule has 3 aliphatic heterocycles. The number of nitrogens with two attached hydrogens (primary N) is 1. The van der Waals surface area contributed by atoms with Gasteiger partial charge in [-0.3, -0.25) is 10.7 Å². The lowest BCUT2D eigenvalue weighted by Crippen LogP contribution is -2.55. The molecule has 228 valence electrons. The van der Waals surface area contributed by atoms with E-state index in [1.165, 1.54) is 10.6 Å². The molecule has 3 saturated heterocycles. The number of rotatable bonds is 5. The zero-order valence-electron chi connectivity index (χ0n) is 23.3. The summed E-state index contributed by atoms with van der Waals surface area (Å²) in [5.74, 6) is 0.977. The van der Waals surface area contributed by atoms with Crippen molar-refractivity contribution in [2.45, 2.75) is 25.3 Å². The first-order valence-corrected chi connectivity index (χ1v) is 16.1. The zero-order chi connectivity index (χ0) is 30.2. The quantitative estimate of drug-likeness (QED) is 0.248. The number of benzene rings is 1. The number of nitrogens with one attached hydrogen (secondary N) is 3. The number of likely N-dealkylation sites (tertiary alicyclic amines) is 1. The van der Waals surface area contributed by atoms with Gasteiger partial charge < -0.3 is 30.5 Å². The van der Waals surface area contributed by atoms with Crippen LogP contribution in [0.2, 0.25) is 5.15 Å². The number of piperazine rings is 1. The molecule has 14 nitrogen and oxygen atoms in total. The number of imidazole rings is 1. The highest BCUT2D eigenvalue weighted by Gasteiger charge is 2.44. The normalized spacial score (nSPS) is 22.4. The van der Waals surface area contributed by atoms with Crippen molar-refractivity contribution in [1.82, 2.24) is 29.0 Å². The minimum Gasteiger partial charge on any atom is -0.465 e. The number of H-pyrrole nitrogens is 1. The number of aromatic amines is 1. The number of guanidine groups is 1. The fourth-order valence-electron chi connectivity index (χ4n) is 6.24. The predicted molar refractivity (Wildman–Crippen MR) is 158 cm³/mol. The molecule has 1 aromatic heterocycles. The number of amides is 3. The van der Waals surface area contributed by atoms with Crippen molar-refractivity contribution in [1.29, 1.82) is 5.41 Å². The van der Waals surface area contributed by atoms with Crippen molar-refractivity contribution in [2.75, 3.05) is 57.4 Å². The molecule has 1 aromatic carbocycles.